The fourth-order valence-corrected chi connectivity index (χ4v) is 3.17. The van der Waals surface area contributed by atoms with Gasteiger partial charge in [-0.15, -0.1) is 0 Å². The maximum absolute atomic E-state index is 13.2. The minimum Gasteiger partial charge on any atom is -0.497 e. The lowest BCUT2D eigenvalue weighted by Crippen LogP contribution is -2.24. The van der Waals surface area contributed by atoms with E-state index < -0.39 is 0 Å². The van der Waals surface area contributed by atoms with Crippen LogP contribution in [0.15, 0.2) is 40.9 Å². The van der Waals surface area contributed by atoms with E-state index in [4.69, 9.17) is 15.2 Å². The summed E-state index contributed by atoms with van der Waals surface area (Å²) in [6.07, 6.45) is 0.431. The third-order valence-electron chi connectivity index (χ3n) is 3.66. The molecule has 1 aliphatic heterocycles. The van der Waals surface area contributed by atoms with Gasteiger partial charge in [-0.1, -0.05) is 22.0 Å². The van der Waals surface area contributed by atoms with Crippen LogP contribution < -0.4 is 15.2 Å². The minimum atomic E-state index is -0.282. The number of nitrogens with two attached hydrogens (primary N) is 1. The number of methoxy groups -OCH3 is 1. The van der Waals surface area contributed by atoms with Gasteiger partial charge in [0.05, 0.1) is 7.11 Å². The van der Waals surface area contributed by atoms with Crippen molar-refractivity contribution < 1.29 is 13.9 Å². The highest BCUT2D eigenvalue weighted by molar-refractivity contribution is 9.10. The van der Waals surface area contributed by atoms with Crippen molar-refractivity contribution in [2.45, 2.75) is 18.6 Å². The van der Waals surface area contributed by atoms with E-state index in [9.17, 15) is 4.39 Å². The first kappa shape index (κ1) is 14.4. The first-order valence-corrected chi connectivity index (χ1v) is 7.43. The monoisotopic (exact) mass is 351 g/mol. The average molecular weight is 352 g/mol. The molecule has 0 aromatic heterocycles. The second-order valence-corrected chi connectivity index (χ2v) is 5.87. The highest BCUT2D eigenvalue weighted by Crippen LogP contribution is 2.42. The van der Waals surface area contributed by atoms with Gasteiger partial charge in [0, 0.05) is 28.1 Å². The molecule has 110 valence electrons. The number of hydrogen-bond acceptors (Lipinski definition) is 3. The van der Waals surface area contributed by atoms with E-state index in [1.54, 1.807) is 13.2 Å². The van der Waals surface area contributed by atoms with Gasteiger partial charge in [0.1, 0.15) is 23.4 Å². The number of rotatable bonds is 2. The Morgan fingerprint density at radius 3 is 2.76 bits per heavy atom. The third-order valence-corrected chi connectivity index (χ3v) is 4.35. The Kier molecular flexibility index (Phi) is 3.87. The summed E-state index contributed by atoms with van der Waals surface area (Å²) in [7, 11) is 1.62. The normalized spacial score (nSPS) is 20.6. The molecule has 2 aromatic rings. The van der Waals surface area contributed by atoms with Crippen LogP contribution in [0.2, 0.25) is 0 Å². The Labute approximate surface area is 131 Å². The van der Waals surface area contributed by atoms with E-state index in [0.717, 1.165) is 22.6 Å². The molecule has 2 N–H and O–H groups in total. The number of fused-ring (bicyclic) bond motifs is 1. The first-order chi connectivity index (χ1) is 10.1. The Morgan fingerprint density at radius 2 is 2.05 bits per heavy atom. The largest absolute Gasteiger partial charge is 0.497 e. The molecule has 2 atom stereocenters. The molecule has 3 rings (SSSR count). The molecule has 1 aliphatic rings. The second kappa shape index (κ2) is 5.66. The summed E-state index contributed by atoms with van der Waals surface area (Å²) in [5, 5.41) is 0. The molecule has 3 nitrogen and oxygen atoms in total. The standard InChI is InChI=1S/C16H15BrFNO2/c1-20-10-3-5-15-12(7-10)14(19)8-16(21-15)11-4-2-9(18)6-13(11)17/h2-7,14,16H,8,19H2,1H3/t14-,16?/m1/s1. The topological polar surface area (TPSA) is 44.5 Å². The van der Waals surface area contributed by atoms with Crippen molar-refractivity contribution in [2.24, 2.45) is 5.73 Å². The van der Waals surface area contributed by atoms with E-state index in [0.29, 0.717) is 10.9 Å². The maximum Gasteiger partial charge on any atom is 0.127 e. The van der Waals surface area contributed by atoms with Gasteiger partial charge in [-0.2, -0.15) is 0 Å². The van der Waals surface area contributed by atoms with E-state index in [1.165, 1.54) is 12.1 Å². The average Bonchev–Trinajstić information content (AvgIpc) is 2.47. The van der Waals surface area contributed by atoms with E-state index in [-0.39, 0.29) is 18.0 Å². The molecular formula is C16H15BrFNO2. The molecule has 0 bridgehead atoms. The Bertz CT molecular complexity index is 677. The quantitative estimate of drug-likeness (QED) is 0.884. The van der Waals surface area contributed by atoms with Gasteiger partial charge in [0.2, 0.25) is 0 Å². The van der Waals surface area contributed by atoms with Crippen molar-refractivity contribution >= 4 is 15.9 Å². The molecular weight excluding hydrogens is 337 g/mol. The molecule has 0 saturated heterocycles. The predicted octanol–water partition coefficient (Wildman–Crippen LogP) is 4.12. The van der Waals surface area contributed by atoms with Crippen LogP contribution >= 0.6 is 15.9 Å². The Hall–Kier alpha value is -1.59. The summed E-state index contributed by atoms with van der Waals surface area (Å²) in [6, 6.07) is 10.0. The SMILES string of the molecule is COc1ccc2c(c1)[C@H](N)CC(c1ccc(F)cc1Br)O2. The van der Waals surface area contributed by atoms with Gasteiger partial charge in [-0.05, 0) is 30.3 Å². The summed E-state index contributed by atoms with van der Waals surface area (Å²) in [5.41, 5.74) is 8.08. The van der Waals surface area contributed by atoms with Gasteiger partial charge >= 0.3 is 0 Å². The van der Waals surface area contributed by atoms with Gasteiger partial charge in [-0.25, -0.2) is 4.39 Å². The van der Waals surface area contributed by atoms with Crippen LogP contribution in [0.1, 0.15) is 29.7 Å². The molecule has 0 radical (unpaired) electrons. The van der Waals surface area contributed by atoms with Crippen LogP contribution in [0.4, 0.5) is 4.39 Å². The molecule has 0 fully saturated rings. The van der Waals surface area contributed by atoms with E-state index in [1.807, 2.05) is 18.2 Å². The number of halogens is 2. The Morgan fingerprint density at radius 1 is 1.24 bits per heavy atom. The molecule has 1 unspecified atom stereocenters. The van der Waals surface area contributed by atoms with Gasteiger partial charge in [0.15, 0.2) is 0 Å². The van der Waals surface area contributed by atoms with Crippen molar-refractivity contribution in [3.63, 3.8) is 0 Å². The lowest BCUT2D eigenvalue weighted by atomic mass is 9.93. The van der Waals surface area contributed by atoms with E-state index in [2.05, 4.69) is 15.9 Å². The van der Waals surface area contributed by atoms with Crippen molar-refractivity contribution in [3.8, 4) is 11.5 Å². The van der Waals surface area contributed by atoms with Crippen LogP contribution in [-0.4, -0.2) is 7.11 Å². The van der Waals surface area contributed by atoms with Crippen LogP contribution in [0.3, 0.4) is 0 Å². The molecule has 0 aliphatic carbocycles. The highest BCUT2D eigenvalue weighted by atomic mass is 79.9. The lowest BCUT2D eigenvalue weighted by molar-refractivity contribution is 0.160. The summed E-state index contributed by atoms with van der Waals surface area (Å²) in [4.78, 5) is 0. The molecule has 0 spiro atoms. The second-order valence-electron chi connectivity index (χ2n) is 5.02. The Balaban J connectivity index is 1.94. The molecule has 0 saturated carbocycles. The fourth-order valence-electron chi connectivity index (χ4n) is 2.56. The zero-order chi connectivity index (χ0) is 15.0. The molecule has 0 amide bonds. The number of benzene rings is 2. The summed E-state index contributed by atoms with van der Waals surface area (Å²) in [6.45, 7) is 0. The third kappa shape index (κ3) is 2.76. The molecule has 5 heteroatoms. The van der Waals surface area contributed by atoms with Crippen molar-refractivity contribution in [1.82, 2.24) is 0 Å². The van der Waals surface area contributed by atoms with Crippen LogP contribution in [-0.2, 0) is 0 Å². The van der Waals surface area contributed by atoms with Crippen molar-refractivity contribution in [3.05, 3.63) is 57.8 Å². The number of ether oxygens (including phenoxy) is 2. The van der Waals surface area contributed by atoms with Crippen LogP contribution in [0, 0.1) is 5.82 Å². The maximum atomic E-state index is 13.2. The summed E-state index contributed by atoms with van der Waals surface area (Å²) in [5.74, 6) is 1.22. The van der Waals surface area contributed by atoms with Gasteiger partial charge in [-0.3, -0.25) is 0 Å². The fraction of sp³-hybridized carbons (Fsp3) is 0.250. The van der Waals surface area contributed by atoms with Crippen LogP contribution in [0.5, 0.6) is 11.5 Å². The highest BCUT2D eigenvalue weighted by Gasteiger charge is 2.28. The number of hydrogen-bond donors (Lipinski definition) is 1. The smallest absolute Gasteiger partial charge is 0.127 e. The van der Waals surface area contributed by atoms with Crippen LogP contribution in [0.25, 0.3) is 0 Å². The zero-order valence-corrected chi connectivity index (χ0v) is 13.1. The molecule has 2 aromatic carbocycles. The molecule has 1 heterocycles. The van der Waals surface area contributed by atoms with E-state index >= 15 is 0 Å². The minimum absolute atomic E-state index is 0.147. The van der Waals surface area contributed by atoms with Crippen molar-refractivity contribution in [1.29, 1.82) is 0 Å². The molecule has 21 heavy (non-hydrogen) atoms. The van der Waals surface area contributed by atoms with Gasteiger partial charge in [0.25, 0.3) is 0 Å². The summed E-state index contributed by atoms with van der Waals surface area (Å²) >= 11 is 3.38. The van der Waals surface area contributed by atoms with Gasteiger partial charge < -0.3 is 15.2 Å². The zero-order valence-electron chi connectivity index (χ0n) is 11.5. The lowest BCUT2D eigenvalue weighted by Gasteiger charge is -2.31. The first-order valence-electron chi connectivity index (χ1n) is 6.63. The predicted molar refractivity (Wildman–Crippen MR) is 82.0 cm³/mol. The summed E-state index contributed by atoms with van der Waals surface area (Å²) < 4.78 is 25.1. The van der Waals surface area contributed by atoms with Crippen molar-refractivity contribution in [2.75, 3.05) is 7.11 Å².